The number of rotatable bonds is 7. The zero-order valence-electron chi connectivity index (χ0n) is 19.2. The van der Waals surface area contributed by atoms with Crippen molar-refractivity contribution in [2.24, 2.45) is 0 Å². The van der Waals surface area contributed by atoms with E-state index < -0.39 is 17.7 Å². The van der Waals surface area contributed by atoms with Crippen molar-refractivity contribution in [2.75, 3.05) is 39.4 Å². The number of pyridine rings is 1. The Balaban J connectivity index is 1.66. The molecule has 1 amide bonds. The van der Waals surface area contributed by atoms with Crippen LogP contribution < -0.4 is 0 Å². The summed E-state index contributed by atoms with van der Waals surface area (Å²) in [5.41, 5.74) is 2.60. The maximum absolute atomic E-state index is 13.1. The highest BCUT2D eigenvalue weighted by atomic mass is 16.5. The monoisotopic (exact) mass is 449 g/mol. The highest BCUT2D eigenvalue weighted by Gasteiger charge is 2.45. The Kier molecular flexibility index (Phi) is 7.20. The lowest BCUT2D eigenvalue weighted by Gasteiger charge is -2.29. The van der Waals surface area contributed by atoms with Crippen molar-refractivity contribution in [1.29, 1.82) is 0 Å². The van der Waals surface area contributed by atoms with Crippen LogP contribution in [-0.4, -0.2) is 71.0 Å². The van der Waals surface area contributed by atoms with Gasteiger partial charge in [0.1, 0.15) is 5.76 Å². The van der Waals surface area contributed by atoms with Crippen LogP contribution in [0.25, 0.3) is 5.76 Å². The van der Waals surface area contributed by atoms with E-state index in [9.17, 15) is 14.7 Å². The zero-order valence-corrected chi connectivity index (χ0v) is 19.2. The Labute approximate surface area is 194 Å². The summed E-state index contributed by atoms with van der Waals surface area (Å²) in [5, 5.41) is 11.1. The van der Waals surface area contributed by atoms with Gasteiger partial charge in [0.25, 0.3) is 11.7 Å². The molecule has 1 aromatic heterocycles. The molecule has 3 heterocycles. The molecule has 1 unspecified atom stereocenters. The number of nitrogens with zero attached hydrogens (tertiary/aromatic N) is 3. The summed E-state index contributed by atoms with van der Waals surface area (Å²) in [5.74, 6) is -1.00. The highest BCUT2D eigenvalue weighted by Crippen LogP contribution is 2.39. The summed E-state index contributed by atoms with van der Waals surface area (Å²) in [6.07, 6.45) is 3.85. The van der Waals surface area contributed by atoms with Crippen LogP contribution in [0, 0.1) is 0 Å². The molecule has 0 spiro atoms. The first-order valence-corrected chi connectivity index (χ1v) is 11.6. The van der Waals surface area contributed by atoms with E-state index in [1.165, 1.54) is 5.56 Å². The first-order chi connectivity index (χ1) is 16.0. The van der Waals surface area contributed by atoms with Crippen molar-refractivity contribution in [3.8, 4) is 0 Å². The minimum Gasteiger partial charge on any atom is -0.507 e. The molecule has 1 aromatic carbocycles. The van der Waals surface area contributed by atoms with Crippen LogP contribution in [-0.2, 0) is 14.3 Å². The lowest BCUT2D eigenvalue weighted by molar-refractivity contribution is -0.140. The minimum atomic E-state index is -0.645. The molecule has 7 nitrogen and oxygen atoms in total. The van der Waals surface area contributed by atoms with E-state index in [1.807, 2.05) is 24.3 Å². The molecule has 174 valence electrons. The number of ketones is 1. The number of hydrogen-bond acceptors (Lipinski definition) is 6. The second-order valence-corrected chi connectivity index (χ2v) is 8.86. The highest BCUT2D eigenvalue weighted by molar-refractivity contribution is 6.46. The Morgan fingerprint density at radius 1 is 1.06 bits per heavy atom. The Morgan fingerprint density at radius 3 is 2.36 bits per heavy atom. The molecule has 2 fully saturated rings. The molecule has 33 heavy (non-hydrogen) atoms. The second-order valence-electron chi connectivity index (χ2n) is 8.86. The SMILES string of the molecule is CC(C)c1ccc(C2/C(=C(\O)c3ccncc3)C(=O)C(=O)N2CCCN2CCOCC2)cc1. The van der Waals surface area contributed by atoms with Gasteiger partial charge in [-0.15, -0.1) is 0 Å². The predicted molar refractivity (Wildman–Crippen MR) is 126 cm³/mol. The Hall–Kier alpha value is -3.03. The van der Waals surface area contributed by atoms with Crippen LogP contribution in [0.5, 0.6) is 0 Å². The van der Waals surface area contributed by atoms with Gasteiger partial charge in [-0.2, -0.15) is 0 Å². The third-order valence-electron chi connectivity index (χ3n) is 6.39. The molecule has 4 rings (SSSR count). The van der Waals surface area contributed by atoms with Crippen LogP contribution in [0.1, 0.15) is 48.9 Å². The topological polar surface area (TPSA) is 83.0 Å². The second kappa shape index (κ2) is 10.3. The summed E-state index contributed by atoms with van der Waals surface area (Å²) < 4.78 is 5.41. The van der Waals surface area contributed by atoms with Crippen molar-refractivity contribution in [3.05, 3.63) is 71.1 Å². The van der Waals surface area contributed by atoms with Gasteiger partial charge in [-0.25, -0.2) is 0 Å². The van der Waals surface area contributed by atoms with E-state index in [-0.39, 0.29) is 11.3 Å². The minimum absolute atomic E-state index is 0.134. The van der Waals surface area contributed by atoms with E-state index in [4.69, 9.17) is 4.74 Å². The van der Waals surface area contributed by atoms with E-state index >= 15 is 0 Å². The van der Waals surface area contributed by atoms with Gasteiger partial charge in [-0.05, 0) is 35.6 Å². The largest absolute Gasteiger partial charge is 0.507 e. The van der Waals surface area contributed by atoms with Crippen LogP contribution in [0.3, 0.4) is 0 Å². The third-order valence-corrected chi connectivity index (χ3v) is 6.39. The fraction of sp³-hybridized carbons (Fsp3) is 0.423. The van der Waals surface area contributed by atoms with Gasteiger partial charge in [0.2, 0.25) is 0 Å². The predicted octanol–water partition coefficient (Wildman–Crippen LogP) is 3.35. The van der Waals surface area contributed by atoms with Gasteiger partial charge in [-0.1, -0.05) is 38.1 Å². The number of morpholine rings is 1. The lowest BCUT2D eigenvalue weighted by Crippen LogP contribution is -2.38. The van der Waals surface area contributed by atoms with Crippen molar-refractivity contribution in [1.82, 2.24) is 14.8 Å². The molecular weight excluding hydrogens is 418 g/mol. The molecule has 2 saturated heterocycles. The summed E-state index contributed by atoms with van der Waals surface area (Å²) in [6.45, 7) is 8.70. The molecule has 0 radical (unpaired) electrons. The Morgan fingerprint density at radius 2 is 1.73 bits per heavy atom. The fourth-order valence-electron chi connectivity index (χ4n) is 4.48. The van der Waals surface area contributed by atoms with Gasteiger partial charge in [-0.3, -0.25) is 19.5 Å². The van der Waals surface area contributed by atoms with Crippen LogP contribution in [0.2, 0.25) is 0 Å². The van der Waals surface area contributed by atoms with E-state index in [0.717, 1.165) is 44.8 Å². The maximum Gasteiger partial charge on any atom is 0.295 e. The molecular formula is C26H31N3O4. The number of aromatic nitrogens is 1. The number of Topliss-reactive ketones (excluding diaryl/α,β-unsaturated/α-hetero) is 1. The van der Waals surface area contributed by atoms with Gasteiger partial charge < -0.3 is 14.7 Å². The number of hydrogen-bond donors (Lipinski definition) is 1. The lowest BCUT2D eigenvalue weighted by atomic mass is 9.93. The number of amides is 1. The van der Waals surface area contributed by atoms with Gasteiger partial charge in [0, 0.05) is 44.1 Å². The first kappa shape index (κ1) is 23.1. The van der Waals surface area contributed by atoms with Crippen molar-refractivity contribution in [2.45, 2.75) is 32.2 Å². The average Bonchev–Trinajstić information content (AvgIpc) is 3.10. The number of ether oxygens (including phenoxy) is 1. The summed E-state index contributed by atoms with van der Waals surface area (Å²) in [4.78, 5) is 34.1. The number of aliphatic hydroxyl groups excluding tert-OH is 1. The fourth-order valence-corrected chi connectivity index (χ4v) is 4.48. The summed E-state index contributed by atoms with van der Waals surface area (Å²) in [6, 6.07) is 10.6. The molecule has 1 N–H and O–H groups in total. The third kappa shape index (κ3) is 4.99. The Bertz CT molecular complexity index is 1010. The molecule has 2 aromatic rings. The van der Waals surface area contributed by atoms with Crippen LogP contribution in [0.4, 0.5) is 0 Å². The molecule has 2 aliphatic rings. The average molecular weight is 450 g/mol. The smallest absolute Gasteiger partial charge is 0.295 e. The standard InChI is InChI=1S/C26H31N3O4/c1-18(2)19-4-6-20(7-5-19)23-22(24(30)21-8-10-27-11-9-21)25(31)26(32)29(23)13-3-12-28-14-16-33-17-15-28/h4-11,18,23,30H,3,12-17H2,1-2H3/b24-22+. The number of carbonyl (C=O) groups is 2. The molecule has 2 aliphatic heterocycles. The van der Waals surface area contributed by atoms with E-state index in [0.29, 0.717) is 18.0 Å². The first-order valence-electron chi connectivity index (χ1n) is 11.6. The maximum atomic E-state index is 13.1. The number of aliphatic hydroxyl groups is 1. The molecule has 1 atom stereocenters. The molecule has 0 saturated carbocycles. The number of carbonyl (C=O) groups excluding carboxylic acids is 2. The quantitative estimate of drug-likeness (QED) is 0.397. The summed E-state index contributed by atoms with van der Waals surface area (Å²) >= 11 is 0. The summed E-state index contributed by atoms with van der Waals surface area (Å²) in [7, 11) is 0. The zero-order chi connectivity index (χ0) is 23.4. The number of likely N-dealkylation sites (tertiary alicyclic amines) is 1. The van der Waals surface area contributed by atoms with Crippen LogP contribution >= 0.6 is 0 Å². The van der Waals surface area contributed by atoms with Crippen molar-refractivity contribution >= 4 is 17.4 Å². The molecule has 0 bridgehead atoms. The van der Waals surface area contributed by atoms with E-state index in [2.05, 4.69) is 23.7 Å². The molecule has 7 heteroatoms. The van der Waals surface area contributed by atoms with Crippen molar-refractivity contribution in [3.63, 3.8) is 0 Å². The van der Waals surface area contributed by atoms with Gasteiger partial charge in [0.15, 0.2) is 0 Å². The number of benzene rings is 1. The van der Waals surface area contributed by atoms with Crippen molar-refractivity contribution < 1.29 is 19.4 Å². The van der Waals surface area contributed by atoms with Gasteiger partial charge >= 0.3 is 0 Å². The normalized spacial score (nSPS) is 21.2. The molecule has 0 aliphatic carbocycles. The van der Waals surface area contributed by atoms with Gasteiger partial charge in [0.05, 0.1) is 24.8 Å². The van der Waals surface area contributed by atoms with Crippen LogP contribution in [0.15, 0.2) is 54.4 Å². The van der Waals surface area contributed by atoms with E-state index in [1.54, 1.807) is 29.4 Å².